The van der Waals surface area contributed by atoms with Crippen molar-refractivity contribution in [3.8, 4) is 0 Å². The zero-order valence-corrected chi connectivity index (χ0v) is 27.2. The second-order valence-electron chi connectivity index (χ2n) is 10.8. The molecule has 0 radical (unpaired) electrons. The lowest BCUT2D eigenvalue weighted by Gasteiger charge is -2.28. The molecule has 6 N–H and O–H groups in total. The summed E-state index contributed by atoms with van der Waals surface area (Å²) in [6.45, 7) is 6.31. The summed E-state index contributed by atoms with van der Waals surface area (Å²) in [5, 5.41) is 10.7. The molecule has 1 fully saturated rings. The zero-order chi connectivity index (χ0) is 31.6. The Morgan fingerprint density at radius 1 is 1.33 bits per heavy atom. The third kappa shape index (κ3) is 8.27. The smallest absolute Gasteiger partial charge is 0.323 e. The Morgan fingerprint density at radius 2 is 2.00 bits per heavy atom. The molecule has 1 aliphatic rings. The molecule has 236 valence electrons. The van der Waals surface area contributed by atoms with Crippen LogP contribution in [0.5, 0.6) is 0 Å². The molecule has 0 bridgehead atoms. The molecule has 0 amide bonds. The highest BCUT2D eigenvalue weighted by molar-refractivity contribution is 8.13. The van der Waals surface area contributed by atoms with E-state index >= 15 is 4.39 Å². The minimum atomic E-state index is -3.50. The van der Waals surface area contributed by atoms with E-state index in [1.54, 1.807) is 34.6 Å². The first kappa shape index (κ1) is 34.8. The van der Waals surface area contributed by atoms with Crippen molar-refractivity contribution in [3.05, 3.63) is 6.33 Å². The van der Waals surface area contributed by atoms with Gasteiger partial charge in [0.05, 0.1) is 25.6 Å². The van der Waals surface area contributed by atoms with E-state index in [1.807, 2.05) is 0 Å². The van der Waals surface area contributed by atoms with Gasteiger partial charge in [-0.15, -0.1) is 0 Å². The normalized spacial score (nSPS) is 25.0. The fourth-order valence-electron chi connectivity index (χ4n) is 3.65. The highest BCUT2D eigenvalue weighted by atomic mass is 35.5. The number of anilines is 2. The van der Waals surface area contributed by atoms with Gasteiger partial charge in [0.15, 0.2) is 22.8 Å². The Kier molecular flexibility index (Phi) is 11.2. The first-order valence-electron chi connectivity index (χ1n) is 12.9. The summed E-state index contributed by atoms with van der Waals surface area (Å²) in [6, 6.07) is -0.939. The maximum Gasteiger partial charge on any atom is 0.323 e. The van der Waals surface area contributed by atoms with Gasteiger partial charge in [0.2, 0.25) is 5.95 Å². The number of fused-ring (bicyclic) bond motifs is 1. The largest absolute Gasteiger partial charge is 0.462 e. The van der Waals surface area contributed by atoms with Crippen LogP contribution in [0.15, 0.2) is 6.33 Å². The number of aliphatic hydroxyl groups excluding tert-OH is 1. The van der Waals surface area contributed by atoms with Crippen LogP contribution in [-0.2, 0) is 39.9 Å². The molecule has 14 nitrogen and oxygen atoms in total. The fourth-order valence-corrected chi connectivity index (χ4v) is 7.21. The van der Waals surface area contributed by atoms with Gasteiger partial charge in [0.1, 0.15) is 23.8 Å². The highest BCUT2D eigenvalue weighted by Gasteiger charge is 2.58. The monoisotopic (exact) mass is 671 g/mol. The number of carbonyl (C=O) groups is 2. The molecule has 0 spiro atoms. The average molecular weight is 672 g/mol. The Labute approximate surface area is 256 Å². The van der Waals surface area contributed by atoms with Crippen LogP contribution in [0.3, 0.4) is 0 Å². The van der Waals surface area contributed by atoms with Gasteiger partial charge in [-0.3, -0.25) is 14.2 Å². The maximum atomic E-state index is 15.7. The standard InChI is InChI=1S/C23H36ClFN7O7PS2/c1-11(2)38-18(34)12(3)31-40(41,36-7-8-42-20(35)22(4,5)6)37-9-13-15(33)23(24,25)19(39-13)32-10-28-14-16(26)29-21(27)30-17(14)32/h10-13,15,19,33H,7-9H2,1-6H3,(H,31,41)(H4,26,27,29,30)/t12-,13-,15-,19-,23-,40-/m1/s1. The van der Waals surface area contributed by atoms with E-state index in [2.05, 4.69) is 20.0 Å². The van der Waals surface area contributed by atoms with Gasteiger partial charge in [-0.1, -0.05) is 44.1 Å². The van der Waals surface area contributed by atoms with E-state index in [0.29, 0.717) is 0 Å². The van der Waals surface area contributed by atoms with E-state index < -0.39 is 54.2 Å². The summed E-state index contributed by atoms with van der Waals surface area (Å²) in [5.74, 6) is -0.566. The number of nitrogens with two attached hydrogens (primary N) is 2. The molecule has 0 saturated carbocycles. The van der Waals surface area contributed by atoms with Crippen molar-refractivity contribution in [1.82, 2.24) is 24.6 Å². The van der Waals surface area contributed by atoms with Crippen LogP contribution >= 0.6 is 30.0 Å². The second kappa shape index (κ2) is 13.5. The first-order valence-corrected chi connectivity index (χ1v) is 16.9. The van der Waals surface area contributed by atoms with Crippen LogP contribution < -0.4 is 16.6 Å². The molecule has 19 heteroatoms. The number of halogens is 2. The molecule has 3 rings (SSSR count). The topological polar surface area (TPSA) is 199 Å². The average Bonchev–Trinajstić information content (AvgIpc) is 3.37. The fraction of sp³-hybridized carbons (Fsp3) is 0.696. The quantitative estimate of drug-likeness (QED) is 0.111. The van der Waals surface area contributed by atoms with Crippen LogP contribution in [0.25, 0.3) is 11.2 Å². The molecule has 0 aliphatic carbocycles. The number of nitrogen functional groups attached to an aromatic ring is 2. The predicted molar refractivity (Wildman–Crippen MR) is 161 cm³/mol. The van der Waals surface area contributed by atoms with Crippen LogP contribution in [0.2, 0.25) is 0 Å². The molecule has 1 saturated heterocycles. The van der Waals surface area contributed by atoms with Gasteiger partial charge in [0, 0.05) is 11.2 Å². The minimum absolute atomic E-state index is 0.00839. The number of nitrogens with one attached hydrogen (secondary N) is 1. The Hall–Kier alpha value is -1.69. The number of carbonyl (C=O) groups excluding carboxylic acids is 2. The van der Waals surface area contributed by atoms with Gasteiger partial charge < -0.3 is 35.1 Å². The number of ether oxygens (including phenoxy) is 2. The second-order valence-corrected chi connectivity index (χ2v) is 15.6. The number of esters is 1. The van der Waals surface area contributed by atoms with E-state index in [1.165, 1.54) is 13.3 Å². The number of rotatable bonds is 12. The van der Waals surface area contributed by atoms with Gasteiger partial charge in [-0.25, -0.2) is 14.5 Å². The van der Waals surface area contributed by atoms with Crippen molar-refractivity contribution in [2.75, 3.05) is 30.4 Å². The molecule has 42 heavy (non-hydrogen) atoms. The first-order chi connectivity index (χ1) is 19.4. The van der Waals surface area contributed by atoms with Crippen molar-refractivity contribution >= 4 is 75.8 Å². The minimum Gasteiger partial charge on any atom is -0.462 e. The lowest BCUT2D eigenvalue weighted by atomic mass is 10.00. The molecule has 0 aromatic carbocycles. The van der Waals surface area contributed by atoms with Gasteiger partial charge in [-0.2, -0.15) is 9.97 Å². The van der Waals surface area contributed by atoms with E-state index in [-0.39, 0.29) is 46.5 Å². The number of aromatic nitrogens is 4. The van der Waals surface area contributed by atoms with E-state index in [9.17, 15) is 14.7 Å². The van der Waals surface area contributed by atoms with Crippen LogP contribution in [0.1, 0.15) is 47.8 Å². The van der Waals surface area contributed by atoms with Crippen molar-refractivity contribution in [2.45, 2.75) is 77.3 Å². The molecule has 2 aromatic rings. The lowest BCUT2D eigenvalue weighted by molar-refractivity contribution is -0.149. The van der Waals surface area contributed by atoms with Crippen molar-refractivity contribution in [1.29, 1.82) is 0 Å². The Balaban J connectivity index is 1.76. The van der Waals surface area contributed by atoms with Crippen LogP contribution in [0, 0.1) is 5.41 Å². The maximum absolute atomic E-state index is 15.7. The summed E-state index contributed by atoms with van der Waals surface area (Å²) in [4.78, 5) is 36.6. The number of thioether (sulfide) groups is 1. The summed E-state index contributed by atoms with van der Waals surface area (Å²) < 4.78 is 39.5. The Morgan fingerprint density at radius 3 is 2.62 bits per heavy atom. The molecule has 3 heterocycles. The van der Waals surface area contributed by atoms with Crippen LogP contribution in [-0.4, -0.2) is 84.2 Å². The summed E-state index contributed by atoms with van der Waals surface area (Å²) >= 11 is 12.8. The predicted octanol–water partition coefficient (Wildman–Crippen LogP) is 2.65. The number of imidazole rings is 1. The van der Waals surface area contributed by atoms with Gasteiger partial charge in [0.25, 0.3) is 11.8 Å². The number of alkyl halides is 2. The number of aliphatic hydroxyl groups is 1. The third-order valence-corrected chi connectivity index (χ3v) is 10.1. The molecular formula is C23H36ClFN7O7PS2. The molecule has 2 aromatic heterocycles. The van der Waals surface area contributed by atoms with Crippen LogP contribution in [0.4, 0.5) is 16.2 Å². The third-order valence-electron chi connectivity index (χ3n) is 5.75. The van der Waals surface area contributed by atoms with Crippen molar-refractivity contribution in [2.24, 2.45) is 5.41 Å². The van der Waals surface area contributed by atoms with Gasteiger partial charge >= 0.3 is 5.97 Å². The number of nitrogens with zero attached hydrogens (tertiary/aromatic N) is 4. The number of hydrogen-bond donors (Lipinski definition) is 4. The Bertz CT molecular complexity index is 1350. The zero-order valence-electron chi connectivity index (χ0n) is 23.9. The molecule has 0 unspecified atom stereocenters. The summed E-state index contributed by atoms with van der Waals surface area (Å²) in [7, 11) is 0. The van der Waals surface area contributed by atoms with E-state index in [0.717, 1.165) is 16.3 Å². The lowest BCUT2D eigenvalue weighted by Crippen LogP contribution is -2.39. The van der Waals surface area contributed by atoms with E-state index in [4.69, 9.17) is 53.4 Å². The van der Waals surface area contributed by atoms with Crippen molar-refractivity contribution in [3.63, 3.8) is 0 Å². The SMILES string of the molecule is CC(C)OC(=O)[C@@H](C)N[P@@](=S)(OCCSC(=O)C(C)(C)C)OC[C@H]1O[C@@H](n2cnc3c(N)nc(N)nc32)[C@@](F)(Cl)[C@@H]1O. The highest BCUT2D eigenvalue weighted by Crippen LogP contribution is 2.49. The summed E-state index contributed by atoms with van der Waals surface area (Å²) in [5.41, 5.74) is 11.1. The number of hydrogen-bond acceptors (Lipinski definition) is 14. The van der Waals surface area contributed by atoms with Crippen molar-refractivity contribution < 1.29 is 37.6 Å². The molecule has 6 atom stereocenters. The van der Waals surface area contributed by atoms with Gasteiger partial charge in [-0.05, 0) is 32.6 Å². The molecular weight excluding hydrogens is 636 g/mol. The summed E-state index contributed by atoms with van der Waals surface area (Å²) in [6.07, 6.45) is -4.05. The molecule has 1 aliphatic heterocycles.